The smallest absolute Gasteiger partial charge is 1.00 e. The van der Waals surface area contributed by atoms with Crippen LogP contribution in [0.2, 0.25) is 0 Å². The van der Waals surface area contributed by atoms with Gasteiger partial charge in [-0.1, -0.05) is 64.7 Å². The normalized spacial score (nSPS) is 11.8. The zero-order chi connectivity index (χ0) is 27.8. The van der Waals surface area contributed by atoms with Crippen molar-refractivity contribution < 1.29 is 124 Å². The van der Waals surface area contributed by atoms with Gasteiger partial charge in [0.05, 0.1) is 25.9 Å². The molecule has 0 amide bonds. The Hall–Kier alpha value is -0.740. The molecule has 212 valence electrons. The number of aliphatic carboxylic acids is 3. The molecule has 0 spiro atoms. The third kappa shape index (κ3) is 18.5. The van der Waals surface area contributed by atoms with Gasteiger partial charge in [0.1, 0.15) is 0 Å². The van der Waals surface area contributed by atoms with Crippen LogP contribution in [-0.4, -0.2) is 75.6 Å². The van der Waals surface area contributed by atoms with Crippen molar-refractivity contribution >= 4 is 40.0 Å². The van der Waals surface area contributed by atoms with Crippen molar-refractivity contribution in [1.82, 2.24) is 0 Å². The number of hydrogen-bond acceptors (Lipinski definition) is 9. The third-order valence-corrected chi connectivity index (χ3v) is 6.37. The van der Waals surface area contributed by atoms with Gasteiger partial charge in [0.25, 0.3) is 10.1 Å². The molecule has 0 aliphatic heterocycles. The van der Waals surface area contributed by atoms with Gasteiger partial charge in [-0.15, -0.1) is 0 Å². The molecule has 13 nitrogen and oxygen atoms in total. The van der Waals surface area contributed by atoms with E-state index in [1.807, 2.05) is 0 Å². The predicted octanol–water partition coefficient (Wildman–Crippen LogP) is -3.35. The average Bonchev–Trinajstić information content (AvgIpc) is 2.73. The number of carbonyl (C=O) groups excluding carboxylic acids is 2. The maximum Gasteiger partial charge on any atom is 1.00 e. The first-order valence-corrected chi connectivity index (χ1v) is 13.3. The molecule has 0 radical (unpaired) electrons. The summed E-state index contributed by atoms with van der Waals surface area (Å²) in [6.07, 6.45) is 5.98. The fourth-order valence-electron chi connectivity index (χ4n) is 3.37. The van der Waals surface area contributed by atoms with Gasteiger partial charge in [-0.2, -0.15) is 8.42 Å². The summed E-state index contributed by atoms with van der Waals surface area (Å²) in [5, 5.41) is 24.5. The van der Waals surface area contributed by atoms with E-state index in [-0.39, 0.29) is 68.6 Å². The van der Waals surface area contributed by atoms with Crippen molar-refractivity contribution in [2.45, 2.75) is 101 Å². The molecular formula is C22H38Na2O13S. The summed E-state index contributed by atoms with van der Waals surface area (Å²) in [5.74, 6) is -9.09. The van der Waals surface area contributed by atoms with Gasteiger partial charge in [0.15, 0.2) is 5.25 Å². The number of esters is 2. The molecule has 0 fully saturated rings. The Balaban J connectivity index is -0.00000102. The van der Waals surface area contributed by atoms with Crippen LogP contribution in [0.25, 0.3) is 0 Å². The van der Waals surface area contributed by atoms with E-state index in [0.29, 0.717) is 6.42 Å². The minimum Gasteiger partial charge on any atom is -1.00 e. The van der Waals surface area contributed by atoms with Crippen LogP contribution >= 0.6 is 0 Å². The second kappa shape index (κ2) is 22.0. The van der Waals surface area contributed by atoms with Gasteiger partial charge in [-0.3, -0.25) is 23.7 Å². The standard InChI is InChI=1S/C22H36O13S.2Na.2H/c1-2-3-4-5-6-7-8-9-10-11-12-34-19(27)13-16(36(31,32)33)20(28)35-22(21(29)30,14-17(23)24)15-18(25)26;;;;/h16H,2-15H2,1H3,(H,23,24)(H,25,26)(H,29,30)(H,31,32,33);;;;/q;2*+1;2*-1. The minimum absolute atomic E-state index is 0. The van der Waals surface area contributed by atoms with Crippen molar-refractivity contribution in [2.75, 3.05) is 6.61 Å². The molecular weight excluding hydrogens is 550 g/mol. The molecule has 16 heteroatoms. The van der Waals surface area contributed by atoms with Crippen molar-refractivity contribution in [2.24, 2.45) is 0 Å². The van der Waals surface area contributed by atoms with Gasteiger partial charge in [-0.25, -0.2) is 4.79 Å². The fraction of sp³-hybridized carbons (Fsp3) is 0.773. The van der Waals surface area contributed by atoms with Crippen LogP contribution in [-0.2, 0) is 43.6 Å². The first-order valence-electron chi connectivity index (χ1n) is 11.8. The predicted molar refractivity (Wildman–Crippen MR) is 126 cm³/mol. The quantitative estimate of drug-likeness (QED) is 0.0446. The molecule has 0 aliphatic carbocycles. The summed E-state index contributed by atoms with van der Waals surface area (Å²) in [5.41, 5.74) is -3.17. The molecule has 0 aromatic rings. The van der Waals surface area contributed by atoms with Crippen LogP contribution in [0.5, 0.6) is 0 Å². The fourth-order valence-corrected chi connectivity index (χ4v) is 4.01. The minimum atomic E-state index is -5.33. The van der Waals surface area contributed by atoms with Crippen molar-refractivity contribution in [1.29, 1.82) is 0 Å². The molecule has 4 N–H and O–H groups in total. The zero-order valence-electron chi connectivity index (χ0n) is 24.3. The summed E-state index contributed by atoms with van der Waals surface area (Å²) in [4.78, 5) is 57.9. The van der Waals surface area contributed by atoms with Crippen molar-refractivity contribution in [3.05, 3.63) is 0 Å². The zero-order valence-corrected chi connectivity index (χ0v) is 27.2. The first kappa shape index (κ1) is 41.7. The molecule has 0 heterocycles. The summed E-state index contributed by atoms with van der Waals surface area (Å²) < 4.78 is 42.0. The SMILES string of the molecule is CCCCCCCCCCCCOC(=O)CC(C(=O)OC(CC(=O)O)(CC(=O)O)C(=O)O)S(=O)(=O)O.[H-].[H-].[Na+].[Na+]. The van der Waals surface area contributed by atoms with Crippen LogP contribution in [0.1, 0.15) is 93.2 Å². The van der Waals surface area contributed by atoms with Gasteiger partial charge in [-0.05, 0) is 6.42 Å². The van der Waals surface area contributed by atoms with Gasteiger partial charge < -0.3 is 27.6 Å². The van der Waals surface area contributed by atoms with E-state index in [4.69, 9.17) is 14.9 Å². The molecule has 0 saturated carbocycles. The molecule has 0 aliphatic rings. The number of hydrogen-bond donors (Lipinski definition) is 4. The van der Waals surface area contributed by atoms with E-state index in [9.17, 15) is 42.0 Å². The van der Waals surface area contributed by atoms with E-state index >= 15 is 0 Å². The molecule has 0 aromatic heterocycles. The maximum atomic E-state index is 12.3. The van der Waals surface area contributed by atoms with E-state index in [1.165, 1.54) is 25.7 Å². The molecule has 38 heavy (non-hydrogen) atoms. The second-order valence-electron chi connectivity index (χ2n) is 8.47. The number of unbranched alkanes of at least 4 members (excludes halogenated alkanes) is 9. The Bertz CT molecular complexity index is 857. The molecule has 1 atom stereocenters. The second-order valence-corrected chi connectivity index (χ2v) is 10.1. The Kier molecular flexibility index (Phi) is 24.2. The monoisotopic (exact) mass is 588 g/mol. The van der Waals surface area contributed by atoms with E-state index in [1.54, 1.807) is 0 Å². The molecule has 0 aromatic carbocycles. The molecule has 0 rings (SSSR count). The number of ether oxygens (including phenoxy) is 2. The molecule has 0 saturated heterocycles. The van der Waals surface area contributed by atoms with E-state index < -0.39 is 70.1 Å². The topological polar surface area (TPSA) is 219 Å². The largest absolute Gasteiger partial charge is 1.00 e. The van der Waals surface area contributed by atoms with Crippen molar-refractivity contribution in [3.8, 4) is 0 Å². The number of carboxylic acids is 3. The number of rotatable bonds is 21. The first-order chi connectivity index (χ1) is 16.7. The maximum absolute atomic E-state index is 12.3. The van der Waals surface area contributed by atoms with Crippen LogP contribution in [0.4, 0.5) is 0 Å². The number of carboxylic acid groups (broad SMARTS) is 3. The summed E-state index contributed by atoms with van der Waals surface area (Å²) >= 11 is 0. The van der Waals surface area contributed by atoms with Gasteiger partial charge in [0, 0.05) is 0 Å². The number of carbonyl (C=O) groups is 5. The summed E-state index contributed by atoms with van der Waals surface area (Å²) in [7, 11) is -5.33. The third-order valence-electron chi connectivity index (χ3n) is 5.29. The Morgan fingerprint density at radius 2 is 1.21 bits per heavy atom. The Morgan fingerprint density at radius 1 is 0.789 bits per heavy atom. The van der Waals surface area contributed by atoms with Crippen LogP contribution in [0, 0.1) is 0 Å². The average molecular weight is 589 g/mol. The summed E-state index contributed by atoms with van der Waals surface area (Å²) in [6.45, 7) is 2.07. The van der Waals surface area contributed by atoms with E-state index in [2.05, 4.69) is 11.7 Å². The molecule has 0 bridgehead atoms. The van der Waals surface area contributed by atoms with Crippen LogP contribution in [0.15, 0.2) is 0 Å². The van der Waals surface area contributed by atoms with Gasteiger partial charge >= 0.3 is 89.0 Å². The Labute approximate surface area is 269 Å². The Morgan fingerprint density at radius 3 is 1.58 bits per heavy atom. The van der Waals surface area contributed by atoms with Crippen LogP contribution < -0.4 is 59.1 Å². The van der Waals surface area contributed by atoms with Crippen molar-refractivity contribution in [3.63, 3.8) is 0 Å². The molecule has 1 unspecified atom stereocenters. The van der Waals surface area contributed by atoms with E-state index in [0.717, 1.165) is 32.1 Å². The summed E-state index contributed by atoms with van der Waals surface area (Å²) in [6, 6.07) is 0. The van der Waals surface area contributed by atoms with Gasteiger partial charge in [0.2, 0.25) is 5.60 Å². The van der Waals surface area contributed by atoms with Crippen LogP contribution in [0.3, 0.4) is 0 Å².